The summed E-state index contributed by atoms with van der Waals surface area (Å²) in [4.78, 5) is 0. The summed E-state index contributed by atoms with van der Waals surface area (Å²) in [6.45, 7) is 20.7. The Kier molecular flexibility index (Phi) is 220. The maximum Gasteiger partial charge on any atom is 0 e. The Balaban J connectivity index is -0.0000000112. The summed E-state index contributed by atoms with van der Waals surface area (Å²) in [5.41, 5.74) is 0. The van der Waals surface area contributed by atoms with Gasteiger partial charge in [0.05, 0.1) is 0 Å². The van der Waals surface area contributed by atoms with Crippen LogP contribution in [0, 0.1) is 68.6 Å². The first-order chi connectivity index (χ1) is 7.96. The summed E-state index contributed by atoms with van der Waals surface area (Å²) in [6, 6.07) is 0. The van der Waals surface area contributed by atoms with Gasteiger partial charge in [0, 0.05) is 25.8 Å². The Labute approximate surface area is 176 Å². The first-order valence-electron chi connectivity index (χ1n) is 5.83. The van der Waals surface area contributed by atoms with Crippen LogP contribution in [0.1, 0.15) is 54.9 Å². The second kappa shape index (κ2) is 77.9. The van der Waals surface area contributed by atoms with Crippen LogP contribution < -0.4 is 0 Å². The number of hydrogen-bond donors (Lipinski definition) is 0. The molecule has 0 saturated carbocycles. The number of rotatable bonds is 0. The van der Waals surface area contributed by atoms with Crippen LogP contribution in [0.25, 0.3) is 0 Å². The standard InChI is InChI=1S/C5H5.2C4H9.C2H5.CH4P.5CH3.Hf/c1-2-4-5-3-1;2*1-4(2)3;2*1-2;;;;;;/h1-3H,4H2;2*1-3H3;1H2,2H3;1-2H2;5*1H3;/q10*-1;. The second-order valence-electron chi connectivity index (χ2n) is 4.00. The molecule has 1 rings (SSSR count). The molecule has 150 valence electrons. The molecule has 1 aliphatic rings. The van der Waals surface area contributed by atoms with Gasteiger partial charge in [-0.1, -0.05) is 0 Å². The average Bonchev–Trinajstić information content (AvgIpc) is 2.79. The SMILES string of the molecule is C[C-](C)C.C[C-](C)C.[C-]1=CC=CC1.[CH2-]C.[CH2-]P.[CH3-].[CH3-].[CH3-].[CH3-].[CH3-].[Hf]. The Morgan fingerprint density at radius 1 is 0.783 bits per heavy atom. The number of allylic oxidation sites excluding steroid dienone is 4. The van der Waals surface area contributed by atoms with Gasteiger partial charge in [-0.15, -0.1) is 6.42 Å². The molecule has 0 aromatic heterocycles. The van der Waals surface area contributed by atoms with E-state index in [1.807, 2.05) is 12.2 Å². The molecule has 0 amide bonds. The molecule has 0 bridgehead atoms. The van der Waals surface area contributed by atoms with Crippen molar-refractivity contribution in [1.82, 2.24) is 0 Å². The molecule has 1 unspecified atom stereocenters. The predicted octanol–water partition coefficient (Wildman–Crippen LogP) is 8.29. The maximum atomic E-state index is 3.25. The van der Waals surface area contributed by atoms with Crippen molar-refractivity contribution in [3.8, 4) is 0 Å². The minimum Gasteiger partial charge on any atom is -0.358 e. The summed E-state index contributed by atoms with van der Waals surface area (Å²) < 4.78 is 0. The van der Waals surface area contributed by atoms with Gasteiger partial charge < -0.3 is 71.8 Å². The average molecular weight is 509 g/mol. The molecule has 1 atom stereocenters. The van der Waals surface area contributed by atoms with Gasteiger partial charge in [0.1, 0.15) is 0 Å². The molecule has 0 aromatic carbocycles. The van der Waals surface area contributed by atoms with Crippen molar-refractivity contribution < 1.29 is 25.8 Å². The normalized spacial score (nSPS) is 7.48. The van der Waals surface area contributed by atoms with E-state index in [2.05, 4.69) is 76.5 Å². The minimum atomic E-state index is 0. The summed E-state index contributed by atoms with van der Waals surface area (Å²) in [5, 5.41) is 0. The molecule has 2 heteroatoms. The summed E-state index contributed by atoms with van der Waals surface area (Å²) in [5.74, 6) is 2.83. The molecule has 0 fully saturated rings. The molecular formula is C21H47HfP-10. The first kappa shape index (κ1) is 65.0. The van der Waals surface area contributed by atoms with E-state index in [0.717, 1.165) is 6.42 Å². The van der Waals surface area contributed by atoms with E-state index in [0.29, 0.717) is 0 Å². The zero-order valence-electron chi connectivity index (χ0n) is 18.4. The summed E-state index contributed by atoms with van der Waals surface area (Å²) >= 11 is 0. The summed E-state index contributed by atoms with van der Waals surface area (Å²) in [7, 11) is 2.17. The molecule has 0 heterocycles. The third-order valence-electron chi connectivity index (χ3n) is 0.586. The van der Waals surface area contributed by atoms with Crippen LogP contribution in [-0.2, 0) is 25.8 Å². The molecule has 0 aliphatic heterocycles. The van der Waals surface area contributed by atoms with Gasteiger partial charge in [-0.3, -0.25) is 6.08 Å². The largest absolute Gasteiger partial charge is 0.358 e. The number of hydrogen-bond acceptors (Lipinski definition) is 0. The molecule has 1 aliphatic carbocycles. The van der Waals surface area contributed by atoms with Gasteiger partial charge >= 0.3 is 0 Å². The van der Waals surface area contributed by atoms with E-state index in [1.54, 1.807) is 6.92 Å². The van der Waals surface area contributed by atoms with E-state index in [-0.39, 0.29) is 63.0 Å². The van der Waals surface area contributed by atoms with Crippen molar-refractivity contribution in [2.24, 2.45) is 0 Å². The zero-order chi connectivity index (χ0) is 14.7. The van der Waals surface area contributed by atoms with Crippen molar-refractivity contribution in [3.63, 3.8) is 0 Å². The van der Waals surface area contributed by atoms with Crippen LogP contribution in [-0.4, -0.2) is 0 Å². The predicted molar refractivity (Wildman–Crippen MR) is 120 cm³/mol. The third-order valence-corrected chi connectivity index (χ3v) is 0.586. The topological polar surface area (TPSA) is 0 Å². The van der Waals surface area contributed by atoms with Crippen molar-refractivity contribution in [2.75, 3.05) is 0 Å². The van der Waals surface area contributed by atoms with Gasteiger partial charge in [-0.25, -0.2) is 12.2 Å². The Morgan fingerprint density at radius 2 is 1.00 bits per heavy atom. The fourth-order valence-corrected chi connectivity index (χ4v) is 0.340. The van der Waals surface area contributed by atoms with E-state index < -0.39 is 0 Å². The van der Waals surface area contributed by atoms with Gasteiger partial charge in [-0.2, -0.15) is 54.5 Å². The van der Waals surface area contributed by atoms with Crippen LogP contribution >= 0.6 is 9.24 Å². The van der Waals surface area contributed by atoms with Crippen molar-refractivity contribution >= 4 is 9.24 Å². The molecule has 0 radical (unpaired) electrons. The smallest absolute Gasteiger partial charge is 0 e. The Hall–Kier alpha value is 0.780. The minimum absolute atomic E-state index is 0. The molecule has 0 N–H and O–H groups in total. The van der Waals surface area contributed by atoms with Crippen molar-refractivity contribution in [2.45, 2.75) is 54.9 Å². The Bertz CT molecular complexity index is 117. The van der Waals surface area contributed by atoms with Crippen LogP contribution in [0.5, 0.6) is 0 Å². The zero-order valence-corrected chi connectivity index (χ0v) is 23.2. The van der Waals surface area contributed by atoms with Crippen LogP contribution in [0.4, 0.5) is 0 Å². The fraction of sp³-hybridized carbons (Fsp3) is 0.381. The van der Waals surface area contributed by atoms with Gasteiger partial charge in [0.2, 0.25) is 0 Å². The molecule has 23 heavy (non-hydrogen) atoms. The van der Waals surface area contributed by atoms with E-state index in [1.165, 1.54) is 11.8 Å². The quantitative estimate of drug-likeness (QED) is 0.175. The third kappa shape index (κ3) is 294. The van der Waals surface area contributed by atoms with E-state index in [4.69, 9.17) is 0 Å². The second-order valence-corrected chi connectivity index (χ2v) is 4.00. The maximum absolute atomic E-state index is 3.25. The molecule has 0 spiro atoms. The van der Waals surface area contributed by atoms with Crippen LogP contribution in [0.15, 0.2) is 18.2 Å². The Morgan fingerprint density at radius 3 is 1.04 bits per heavy atom. The first-order valence-corrected chi connectivity index (χ1v) is 6.65. The molecule has 0 aromatic rings. The van der Waals surface area contributed by atoms with Gasteiger partial charge in [0.15, 0.2) is 0 Å². The fourth-order valence-electron chi connectivity index (χ4n) is 0.340. The molecule has 0 saturated heterocycles. The van der Waals surface area contributed by atoms with Crippen molar-refractivity contribution in [3.05, 3.63) is 86.9 Å². The summed E-state index contributed by atoms with van der Waals surface area (Å²) in [6.07, 6.45) is 10.0. The molecular weight excluding hydrogens is 462 g/mol. The van der Waals surface area contributed by atoms with E-state index in [9.17, 15) is 0 Å². The van der Waals surface area contributed by atoms with Crippen LogP contribution in [0.2, 0.25) is 0 Å². The van der Waals surface area contributed by atoms with Gasteiger partial charge in [-0.05, 0) is 0 Å². The monoisotopic (exact) mass is 510 g/mol. The van der Waals surface area contributed by atoms with E-state index >= 15 is 0 Å². The van der Waals surface area contributed by atoms with Crippen molar-refractivity contribution in [1.29, 1.82) is 0 Å². The molecule has 0 nitrogen and oxygen atoms in total. The van der Waals surface area contributed by atoms with Crippen LogP contribution in [0.3, 0.4) is 0 Å². The van der Waals surface area contributed by atoms with Gasteiger partial charge in [0.25, 0.3) is 0 Å².